The molecule has 2 aromatic carbocycles. The fourth-order valence-electron chi connectivity index (χ4n) is 4.88. The number of hydrogen-bond donors (Lipinski definition) is 4. The van der Waals surface area contributed by atoms with E-state index in [-0.39, 0.29) is 40.8 Å². The molecular formula is C22H23ClFN5O3. The molecule has 32 heavy (non-hydrogen) atoms. The van der Waals surface area contributed by atoms with Gasteiger partial charge in [0.05, 0.1) is 16.4 Å². The van der Waals surface area contributed by atoms with Crippen molar-refractivity contribution in [2.75, 3.05) is 24.1 Å². The van der Waals surface area contributed by atoms with Crippen molar-refractivity contribution in [3.63, 3.8) is 0 Å². The van der Waals surface area contributed by atoms with Crippen molar-refractivity contribution >= 4 is 34.8 Å². The van der Waals surface area contributed by atoms with Gasteiger partial charge in [-0.3, -0.25) is 14.6 Å². The van der Waals surface area contributed by atoms with E-state index in [2.05, 4.69) is 21.6 Å². The fourth-order valence-corrected chi connectivity index (χ4v) is 5.00. The molecule has 1 aliphatic heterocycles. The second-order valence-electron chi connectivity index (χ2n) is 8.67. The maximum atomic E-state index is 13.5. The van der Waals surface area contributed by atoms with Crippen LogP contribution >= 0.6 is 11.6 Å². The average molecular weight is 460 g/mol. The first kappa shape index (κ1) is 20.8. The molecule has 0 unspecified atom stereocenters. The molecule has 0 saturated heterocycles. The lowest BCUT2D eigenvalue weighted by Crippen LogP contribution is -2.53. The van der Waals surface area contributed by atoms with Gasteiger partial charge < -0.3 is 20.8 Å². The average Bonchev–Trinajstić information content (AvgIpc) is 3.39. The summed E-state index contributed by atoms with van der Waals surface area (Å²) in [4.78, 5) is 25.1. The van der Waals surface area contributed by atoms with Crippen LogP contribution < -0.4 is 31.3 Å². The summed E-state index contributed by atoms with van der Waals surface area (Å²) in [6.45, 7) is -0.213. The number of benzene rings is 2. The van der Waals surface area contributed by atoms with Crippen LogP contribution in [-0.2, 0) is 4.79 Å². The summed E-state index contributed by atoms with van der Waals surface area (Å²) in [6.07, 6.45) is 2.32. The first-order chi connectivity index (χ1) is 15.3. The largest absolute Gasteiger partial charge is 0.484 e. The lowest BCUT2D eigenvalue weighted by molar-refractivity contribution is -0.125. The molecule has 1 atom stereocenters. The molecule has 10 heteroatoms. The van der Waals surface area contributed by atoms with Gasteiger partial charge in [-0.15, -0.1) is 5.53 Å². The Bertz CT molecular complexity index is 1090. The predicted molar refractivity (Wildman–Crippen MR) is 118 cm³/mol. The Hall–Kier alpha value is -3.04. The number of hydrogen-bond acceptors (Lipinski definition) is 6. The first-order valence-electron chi connectivity index (χ1n) is 10.4. The summed E-state index contributed by atoms with van der Waals surface area (Å²) in [5.41, 5.74) is 8.06. The van der Waals surface area contributed by atoms with Gasteiger partial charge in [0.1, 0.15) is 11.6 Å². The molecule has 3 saturated carbocycles. The highest BCUT2D eigenvalue weighted by Crippen LogP contribution is 2.52. The van der Waals surface area contributed by atoms with Crippen LogP contribution in [0.5, 0.6) is 5.75 Å². The Morgan fingerprint density at radius 1 is 1.25 bits per heavy atom. The number of ether oxygens (including phenoxy) is 1. The molecule has 4 N–H and O–H groups in total. The molecule has 2 amide bonds. The van der Waals surface area contributed by atoms with Crippen LogP contribution in [0.15, 0.2) is 36.4 Å². The number of halogens is 2. The van der Waals surface area contributed by atoms with Gasteiger partial charge in [-0.1, -0.05) is 11.6 Å². The Labute approximate surface area is 189 Å². The molecule has 6 rings (SSSR count). The molecule has 2 bridgehead atoms. The number of fused-ring (bicyclic) bond motifs is 2. The second-order valence-corrected chi connectivity index (χ2v) is 9.08. The van der Waals surface area contributed by atoms with Crippen LogP contribution in [0.4, 0.5) is 15.8 Å². The molecular weight excluding hydrogens is 437 g/mol. The highest BCUT2D eigenvalue weighted by molar-refractivity contribution is 6.30. The van der Waals surface area contributed by atoms with E-state index in [1.165, 1.54) is 12.1 Å². The zero-order chi connectivity index (χ0) is 22.5. The van der Waals surface area contributed by atoms with E-state index in [9.17, 15) is 14.0 Å². The Morgan fingerprint density at radius 2 is 2.06 bits per heavy atom. The third-order valence-electron chi connectivity index (χ3n) is 6.45. The normalized spacial score (nSPS) is 24.9. The van der Waals surface area contributed by atoms with Crippen molar-refractivity contribution < 1.29 is 18.7 Å². The Morgan fingerprint density at radius 3 is 2.84 bits per heavy atom. The summed E-state index contributed by atoms with van der Waals surface area (Å²) in [7, 11) is 1.89. The molecule has 3 fully saturated rings. The number of rotatable bonds is 6. The minimum atomic E-state index is -0.596. The van der Waals surface area contributed by atoms with Crippen LogP contribution in [0.3, 0.4) is 0 Å². The molecule has 0 spiro atoms. The van der Waals surface area contributed by atoms with Gasteiger partial charge in [0.25, 0.3) is 11.8 Å². The summed E-state index contributed by atoms with van der Waals surface area (Å²) in [5.74, 6) is -0.413. The van der Waals surface area contributed by atoms with Gasteiger partial charge in [0, 0.05) is 30.3 Å². The van der Waals surface area contributed by atoms with E-state index < -0.39 is 5.82 Å². The molecule has 2 aromatic rings. The molecule has 0 aromatic heterocycles. The number of carbonyl (C=O) groups excluding carboxylic acids is 2. The molecule has 3 aliphatic carbocycles. The van der Waals surface area contributed by atoms with Crippen molar-refractivity contribution in [3.8, 4) is 5.75 Å². The van der Waals surface area contributed by atoms with Gasteiger partial charge in [0.15, 0.2) is 6.61 Å². The van der Waals surface area contributed by atoms with E-state index in [0.29, 0.717) is 17.9 Å². The molecule has 0 radical (unpaired) electrons. The summed E-state index contributed by atoms with van der Waals surface area (Å²) < 4.78 is 18.9. The second kappa shape index (κ2) is 7.83. The zero-order valence-electron chi connectivity index (χ0n) is 17.4. The smallest absolute Gasteiger partial charge is 0.258 e. The molecule has 1 heterocycles. The van der Waals surface area contributed by atoms with Crippen molar-refractivity contribution in [1.29, 1.82) is 0 Å². The molecule has 4 aliphatic rings. The summed E-state index contributed by atoms with van der Waals surface area (Å²) in [6, 6.07) is 9.56. The van der Waals surface area contributed by atoms with Crippen molar-refractivity contribution in [3.05, 3.63) is 52.8 Å². The summed E-state index contributed by atoms with van der Waals surface area (Å²) in [5, 5.41) is 8.00. The van der Waals surface area contributed by atoms with E-state index in [4.69, 9.17) is 16.3 Å². The van der Waals surface area contributed by atoms with Crippen molar-refractivity contribution in [2.24, 2.45) is 5.92 Å². The lowest BCUT2D eigenvalue weighted by atomic mass is 9.76. The monoisotopic (exact) mass is 459 g/mol. The third-order valence-corrected chi connectivity index (χ3v) is 6.75. The van der Waals surface area contributed by atoms with Gasteiger partial charge in [-0.05, 0) is 55.5 Å². The number of nitrogens with zero attached hydrogens (tertiary/aromatic N) is 1. The molecule has 168 valence electrons. The minimum absolute atomic E-state index is 0.000370. The molecule has 8 nitrogen and oxygen atoms in total. The fraction of sp³-hybridized carbons (Fsp3) is 0.364. The van der Waals surface area contributed by atoms with Crippen LogP contribution in [0, 0.1) is 11.7 Å². The van der Waals surface area contributed by atoms with E-state index in [0.717, 1.165) is 30.3 Å². The van der Waals surface area contributed by atoms with Crippen LogP contribution in [0.2, 0.25) is 5.02 Å². The van der Waals surface area contributed by atoms with Crippen molar-refractivity contribution in [1.82, 2.24) is 16.2 Å². The number of nitrogens with one attached hydrogen (secondary N) is 4. The van der Waals surface area contributed by atoms with Crippen LogP contribution in [-0.4, -0.2) is 37.0 Å². The van der Waals surface area contributed by atoms with Gasteiger partial charge in [-0.25, -0.2) is 4.39 Å². The van der Waals surface area contributed by atoms with E-state index in [1.807, 2.05) is 24.2 Å². The van der Waals surface area contributed by atoms with Crippen molar-refractivity contribution in [2.45, 2.75) is 30.8 Å². The van der Waals surface area contributed by atoms with Crippen LogP contribution in [0.25, 0.3) is 0 Å². The van der Waals surface area contributed by atoms with Crippen LogP contribution in [0.1, 0.15) is 29.6 Å². The Kier molecular flexibility index (Phi) is 5.10. The van der Waals surface area contributed by atoms with E-state index >= 15 is 0 Å². The quantitative estimate of drug-likeness (QED) is 0.530. The highest BCUT2D eigenvalue weighted by atomic mass is 35.5. The lowest BCUT2D eigenvalue weighted by Gasteiger charge is -2.39. The van der Waals surface area contributed by atoms with Gasteiger partial charge >= 0.3 is 0 Å². The number of amides is 2. The number of anilines is 2. The predicted octanol–water partition coefficient (Wildman–Crippen LogP) is 2.61. The van der Waals surface area contributed by atoms with Gasteiger partial charge in [0.2, 0.25) is 0 Å². The minimum Gasteiger partial charge on any atom is -0.484 e. The number of hydrazine groups is 2. The number of carbonyl (C=O) groups is 2. The summed E-state index contributed by atoms with van der Waals surface area (Å²) >= 11 is 5.65. The first-order valence-corrected chi connectivity index (χ1v) is 10.8. The zero-order valence-corrected chi connectivity index (χ0v) is 18.1. The topological polar surface area (TPSA) is 94.7 Å². The standard InChI is InChI=1S/C22H23ClFN5O3/c1-29-19-5-2-12(6-17(19)27-28-29)21(31)25-18-10-22(8-13(18)9-22)26-20(30)11-32-14-3-4-15(23)16(24)7-14/h2-7,13,18,27-28H,8-11H2,1H3,(H,25,31)(H,26,30)/t13?,18-,22?/m1/s1. The van der Waals surface area contributed by atoms with E-state index in [1.54, 1.807) is 6.07 Å². The Balaban J connectivity index is 1.13. The third kappa shape index (κ3) is 3.82. The maximum absolute atomic E-state index is 13.5. The highest BCUT2D eigenvalue weighted by Gasteiger charge is 2.57. The maximum Gasteiger partial charge on any atom is 0.258 e. The SMILES string of the molecule is CN1NNc2cc(C(=O)N[C@@H]3CC4(NC(=O)COc5ccc(Cl)c(F)c5)CC3C4)ccc21. The van der Waals surface area contributed by atoms with Gasteiger partial charge in [-0.2, -0.15) is 0 Å².